The number of hydrazone groups is 1. The third-order valence-electron chi connectivity index (χ3n) is 2.02. The van der Waals surface area contributed by atoms with E-state index in [1.54, 1.807) is 35.7 Å². The van der Waals surface area contributed by atoms with Crippen LogP contribution in [0.15, 0.2) is 35.4 Å². The minimum absolute atomic E-state index is 0.153. The van der Waals surface area contributed by atoms with Crippen LogP contribution >= 0.6 is 23.5 Å². The molecule has 1 heterocycles. The maximum atomic E-state index is 11.7. The Balaban J connectivity index is 1.92. The van der Waals surface area contributed by atoms with Gasteiger partial charge in [-0.15, -0.1) is 0 Å². The van der Waals surface area contributed by atoms with Crippen molar-refractivity contribution in [1.82, 2.24) is 5.43 Å². The number of amides is 1. The molecule has 1 aliphatic heterocycles. The number of hydrogen-bond donors (Lipinski definition) is 1. The average Bonchev–Trinajstić information content (AvgIpc) is 2.38. The Morgan fingerprint density at radius 1 is 1.19 bits per heavy atom. The number of nitrogens with one attached hydrogen (secondary N) is 1. The van der Waals surface area contributed by atoms with E-state index < -0.39 is 0 Å². The first-order valence-electron chi connectivity index (χ1n) is 5.05. The third-order valence-corrected chi connectivity index (χ3v) is 4.39. The molecule has 0 radical (unpaired) electrons. The molecule has 16 heavy (non-hydrogen) atoms. The van der Waals surface area contributed by atoms with Gasteiger partial charge in [-0.1, -0.05) is 41.7 Å². The molecule has 1 amide bonds. The first-order chi connectivity index (χ1) is 7.86. The molecule has 1 fully saturated rings. The van der Waals surface area contributed by atoms with Crippen LogP contribution in [0.4, 0.5) is 0 Å². The van der Waals surface area contributed by atoms with E-state index in [-0.39, 0.29) is 5.91 Å². The lowest BCUT2D eigenvalue weighted by Gasteiger charge is -2.10. The predicted octanol–water partition coefficient (Wildman–Crippen LogP) is 2.56. The maximum Gasteiger partial charge on any atom is 0.271 e. The Labute approximate surface area is 103 Å². The molecular weight excluding hydrogens is 240 g/mol. The third kappa shape index (κ3) is 3.28. The highest BCUT2D eigenvalue weighted by atomic mass is 32.2. The van der Waals surface area contributed by atoms with Gasteiger partial charge in [-0.25, -0.2) is 5.43 Å². The Hall–Kier alpha value is -0.940. The lowest BCUT2D eigenvalue weighted by molar-refractivity contribution is 0.0955. The molecule has 1 N–H and O–H groups in total. The lowest BCUT2D eigenvalue weighted by atomic mass is 10.2. The SMILES string of the molecule is O=C(NN=C1SCCCS1)c1ccccc1. The molecule has 0 unspecified atom stereocenters. The fourth-order valence-electron chi connectivity index (χ4n) is 1.23. The van der Waals surface area contributed by atoms with Gasteiger partial charge in [0.1, 0.15) is 4.38 Å². The van der Waals surface area contributed by atoms with Crippen molar-refractivity contribution in [2.75, 3.05) is 11.5 Å². The Morgan fingerprint density at radius 2 is 1.88 bits per heavy atom. The summed E-state index contributed by atoms with van der Waals surface area (Å²) >= 11 is 3.40. The monoisotopic (exact) mass is 252 g/mol. The van der Waals surface area contributed by atoms with Crippen LogP contribution in [0.3, 0.4) is 0 Å². The van der Waals surface area contributed by atoms with E-state index in [9.17, 15) is 4.79 Å². The molecule has 1 aliphatic rings. The van der Waals surface area contributed by atoms with Gasteiger partial charge in [0.05, 0.1) is 0 Å². The van der Waals surface area contributed by atoms with Crippen LogP contribution in [0.25, 0.3) is 0 Å². The van der Waals surface area contributed by atoms with Gasteiger partial charge >= 0.3 is 0 Å². The number of nitrogens with zero attached hydrogens (tertiary/aromatic N) is 1. The van der Waals surface area contributed by atoms with Crippen LogP contribution in [0.2, 0.25) is 0 Å². The minimum atomic E-state index is -0.153. The molecule has 84 valence electrons. The molecular formula is C11H12N2OS2. The van der Waals surface area contributed by atoms with Crippen molar-refractivity contribution in [2.24, 2.45) is 5.10 Å². The van der Waals surface area contributed by atoms with Gasteiger partial charge < -0.3 is 0 Å². The summed E-state index contributed by atoms with van der Waals surface area (Å²) in [5.41, 5.74) is 3.21. The van der Waals surface area contributed by atoms with Crippen LogP contribution < -0.4 is 5.43 Å². The number of thioether (sulfide) groups is 2. The van der Waals surface area contributed by atoms with E-state index in [2.05, 4.69) is 10.5 Å². The van der Waals surface area contributed by atoms with E-state index >= 15 is 0 Å². The molecule has 0 atom stereocenters. The number of carbonyl (C=O) groups excluding carboxylic acids is 1. The Kier molecular flexibility index (Phi) is 4.30. The number of carbonyl (C=O) groups is 1. The molecule has 0 bridgehead atoms. The van der Waals surface area contributed by atoms with Gasteiger partial charge in [-0.05, 0) is 18.6 Å². The molecule has 1 aromatic rings. The number of hydrogen-bond acceptors (Lipinski definition) is 4. The lowest BCUT2D eigenvalue weighted by Crippen LogP contribution is -2.19. The van der Waals surface area contributed by atoms with Crippen molar-refractivity contribution in [1.29, 1.82) is 0 Å². The normalized spacial score (nSPS) is 15.6. The predicted molar refractivity (Wildman–Crippen MR) is 70.9 cm³/mol. The first kappa shape index (κ1) is 11.5. The van der Waals surface area contributed by atoms with Gasteiger partial charge in [0.25, 0.3) is 5.91 Å². The average molecular weight is 252 g/mol. The fraction of sp³-hybridized carbons (Fsp3) is 0.273. The largest absolute Gasteiger partial charge is 0.271 e. The highest BCUT2D eigenvalue weighted by Crippen LogP contribution is 2.24. The fourth-order valence-corrected chi connectivity index (χ4v) is 3.40. The summed E-state index contributed by atoms with van der Waals surface area (Å²) in [6.07, 6.45) is 1.21. The van der Waals surface area contributed by atoms with Gasteiger partial charge in [-0.2, -0.15) is 5.10 Å². The second kappa shape index (κ2) is 5.96. The van der Waals surface area contributed by atoms with Crippen LogP contribution in [-0.4, -0.2) is 21.8 Å². The molecule has 0 aromatic heterocycles. The van der Waals surface area contributed by atoms with Crippen molar-refractivity contribution in [3.63, 3.8) is 0 Å². The number of benzene rings is 1. The van der Waals surface area contributed by atoms with E-state index in [1.807, 2.05) is 18.2 Å². The van der Waals surface area contributed by atoms with Crippen LogP contribution in [0.5, 0.6) is 0 Å². The summed E-state index contributed by atoms with van der Waals surface area (Å²) < 4.78 is 0.954. The topological polar surface area (TPSA) is 41.5 Å². The van der Waals surface area contributed by atoms with E-state index in [1.165, 1.54) is 6.42 Å². The molecule has 1 saturated heterocycles. The minimum Gasteiger partial charge on any atom is -0.267 e. The summed E-state index contributed by atoms with van der Waals surface area (Å²) in [7, 11) is 0. The second-order valence-corrected chi connectivity index (χ2v) is 5.66. The molecule has 0 saturated carbocycles. The molecule has 5 heteroatoms. The Morgan fingerprint density at radius 3 is 2.56 bits per heavy atom. The molecule has 1 aromatic carbocycles. The van der Waals surface area contributed by atoms with Crippen molar-refractivity contribution in [3.05, 3.63) is 35.9 Å². The van der Waals surface area contributed by atoms with E-state index in [0.29, 0.717) is 5.56 Å². The molecule has 2 rings (SSSR count). The van der Waals surface area contributed by atoms with Crippen LogP contribution in [0, 0.1) is 0 Å². The highest BCUT2D eigenvalue weighted by molar-refractivity contribution is 8.39. The zero-order valence-electron chi connectivity index (χ0n) is 8.68. The zero-order valence-corrected chi connectivity index (χ0v) is 10.3. The quantitative estimate of drug-likeness (QED) is 0.822. The second-order valence-electron chi connectivity index (χ2n) is 3.24. The summed E-state index contributed by atoms with van der Waals surface area (Å²) in [6, 6.07) is 9.11. The standard InChI is InChI=1S/C11H12N2OS2/c14-10(9-5-2-1-3-6-9)12-13-11-15-7-4-8-16-11/h1-3,5-6H,4,7-8H2,(H,12,14). The van der Waals surface area contributed by atoms with E-state index in [0.717, 1.165) is 15.9 Å². The summed E-state index contributed by atoms with van der Waals surface area (Å²) in [5, 5.41) is 4.10. The molecule has 0 aliphatic carbocycles. The van der Waals surface area contributed by atoms with Crippen molar-refractivity contribution >= 4 is 33.8 Å². The summed E-state index contributed by atoms with van der Waals surface area (Å²) in [4.78, 5) is 11.7. The zero-order chi connectivity index (χ0) is 11.2. The van der Waals surface area contributed by atoms with Crippen molar-refractivity contribution in [2.45, 2.75) is 6.42 Å². The van der Waals surface area contributed by atoms with Gasteiger partial charge in [0.2, 0.25) is 0 Å². The van der Waals surface area contributed by atoms with Gasteiger partial charge in [-0.3, -0.25) is 4.79 Å². The van der Waals surface area contributed by atoms with E-state index in [4.69, 9.17) is 0 Å². The first-order valence-corrected chi connectivity index (χ1v) is 7.02. The highest BCUT2D eigenvalue weighted by Gasteiger charge is 2.09. The summed E-state index contributed by atoms with van der Waals surface area (Å²) in [5.74, 6) is 2.03. The molecule has 0 spiro atoms. The number of rotatable bonds is 2. The van der Waals surface area contributed by atoms with Crippen LogP contribution in [-0.2, 0) is 0 Å². The van der Waals surface area contributed by atoms with Gasteiger partial charge in [0.15, 0.2) is 0 Å². The van der Waals surface area contributed by atoms with Crippen molar-refractivity contribution in [3.8, 4) is 0 Å². The Bertz CT molecular complexity index is 384. The van der Waals surface area contributed by atoms with Crippen molar-refractivity contribution < 1.29 is 4.79 Å². The maximum absolute atomic E-state index is 11.7. The van der Waals surface area contributed by atoms with Gasteiger partial charge in [0, 0.05) is 17.1 Å². The smallest absolute Gasteiger partial charge is 0.267 e. The summed E-state index contributed by atoms with van der Waals surface area (Å²) in [6.45, 7) is 0. The van der Waals surface area contributed by atoms with Crippen LogP contribution in [0.1, 0.15) is 16.8 Å². The molecule has 3 nitrogen and oxygen atoms in total.